The van der Waals surface area contributed by atoms with Gasteiger partial charge in [-0.05, 0) is 29.9 Å². The molecule has 0 bridgehead atoms. The molecule has 0 saturated heterocycles. The zero-order chi connectivity index (χ0) is 22.1. The van der Waals surface area contributed by atoms with Crippen molar-refractivity contribution in [2.24, 2.45) is 4.99 Å². The lowest BCUT2D eigenvalue weighted by Crippen LogP contribution is -2.36. The first-order valence-electron chi connectivity index (χ1n) is 8.83. The molecule has 1 aromatic carbocycles. The minimum Gasteiger partial charge on any atom is -0.487 e. The summed E-state index contributed by atoms with van der Waals surface area (Å²) in [6.07, 6.45) is 4.75. The molecule has 7 nitrogen and oxygen atoms in total. The molecule has 1 aliphatic rings. The summed E-state index contributed by atoms with van der Waals surface area (Å²) in [4.78, 5) is 27.8. The fourth-order valence-corrected chi connectivity index (χ4v) is 2.70. The largest absolute Gasteiger partial charge is 0.487 e. The Hall–Kier alpha value is -3.04. The van der Waals surface area contributed by atoms with Crippen LogP contribution in [-0.4, -0.2) is 56.1 Å². The van der Waals surface area contributed by atoms with Crippen LogP contribution in [0, 0.1) is 5.82 Å². The SMILES string of the molecule is CN=C(Nc1ccc(F)c(OCCO)c1C=O)C(=O)NCC1=CC=CC(F)C(Cl)=C1. The highest BCUT2D eigenvalue weighted by Gasteiger charge is 2.19. The van der Waals surface area contributed by atoms with Crippen molar-refractivity contribution in [1.29, 1.82) is 0 Å². The number of rotatable bonds is 7. The van der Waals surface area contributed by atoms with Crippen LogP contribution in [0.2, 0.25) is 0 Å². The van der Waals surface area contributed by atoms with Gasteiger partial charge in [0.25, 0.3) is 5.91 Å². The van der Waals surface area contributed by atoms with E-state index in [1.807, 2.05) is 0 Å². The number of aliphatic hydroxyl groups excluding tert-OH is 1. The molecule has 0 saturated carbocycles. The Morgan fingerprint density at radius 3 is 2.87 bits per heavy atom. The Morgan fingerprint density at radius 1 is 1.43 bits per heavy atom. The first-order valence-corrected chi connectivity index (χ1v) is 9.20. The molecule has 1 aromatic rings. The Bertz CT molecular complexity index is 929. The summed E-state index contributed by atoms with van der Waals surface area (Å²) in [5.74, 6) is -1.91. The average Bonchev–Trinajstić information content (AvgIpc) is 2.90. The molecular weight excluding hydrogens is 420 g/mol. The van der Waals surface area contributed by atoms with Gasteiger partial charge in [0, 0.05) is 13.6 Å². The van der Waals surface area contributed by atoms with Gasteiger partial charge in [-0.2, -0.15) is 0 Å². The van der Waals surface area contributed by atoms with Crippen molar-refractivity contribution in [3.8, 4) is 5.75 Å². The third-order valence-corrected chi connectivity index (χ3v) is 4.24. The number of halogens is 3. The highest BCUT2D eigenvalue weighted by molar-refractivity contribution is 6.42. The van der Waals surface area contributed by atoms with E-state index >= 15 is 0 Å². The fraction of sp³-hybridized carbons (Fsp3) is 0.250. The standard InChI is InChI=1S/C20H20ClF2N3O4/c1-24-19(20(29)25-10-12-3-2-4-15(22)14(21)9-12)26-17-6-5-16(23)18(13(17)11-28)30-8-7-27/h2-6,9,11,15,27H,7-8,10H2,1H3,(H,24,26)(H,25,29). The second-order valence-corrected chi connectivity index (χ2v) is 6.40. The molecule has 30 heavy (non-hydrogen) atoms. The van der Waals surface area contributed by atoms with Crippen LogP contribution in [0.3, 0.4) is 0 Å². The number of nitrogens with one attached hydrogen (secondary N) is 2. The molecule has 0 spiro atoms. The topological polar surface area (TPSA) is 100 Å². The van der Waals surface area contributed by atoms with Crippen molar-refractivity contribution in [1.82, 2.24) is 5.32 Å². The summed E-state index contributed by atoms with van der Waals surface area (Å²) >= 11 is 5.83. The Labute approximate surface area is 176 Å². The second-order valence-electron chi connectivity index (χ2n) is 5.97. The maximum absolute atomic E-state index is 14.0. The van der Waals surface area contributed by atoms with Crippen molar-refractivity contribution in [2.75, 3.05) is 32.1 Å². The van der Waals surface area contributed by atoms with Gasteiger partial charge < -0.3 is 20.5 Å². The lowest BCUT2D eigenvalue weighted by atomic mass is 10.1. The molecule has 3 N–H and O–H groups in total. The molecule has 1 amide bonds. The summed E-state index contributed by atoms with van der Waals surface area (Å²) < 4.78 is 32.6. The van der Waals surface area contributed by atoms with E-state index in [9.17, 15) is 18.4 Å². The number of amides is 1. The molecule has 1 atom stereocenters. The van der Waals surface area contributed by atoms with E-state index in [1.54, 1.807) is 6.08 Å². The minimum atomic E-state index is -1.41. The zero-order valence-electron chi connectivity index (χ0n) is 16.0. The summed E-state index contributed by atoms with van der Waals surface area (Å²) in [5, 5.41) is 14.1. The van der Waals surface area contributed by atoms with Gasteiger partial charge in [-0.25, -0.2) is 8.78 Å². The van der Waals surface area contributed by atoms with Gasteiger partial charge in [0.1, 0.15) is 6.61 Å². The number of hydrogen-bond acceptors (Lipinski definition) is 5. The highest BCUT2D eigenvalue weighted by atomic mass is 35.5. The number of amidine groups is 1. The van der Waals surface area contributed by atoms with Gasteiger partial charge in [0.2, 0.25) is 0 Å². The molecule has 2 rings (SSSR count). The Balaban J connectivity index is 2.14. The van der Waals surface area contributed by atoms with Crippen molar-refractivity contribution >= 4 is 35.3 Å². The van der Waals surface area contributed by atoms with E-state index in [2.05, 4.69) is 15.6 Å². The first-order chi connectivity index (χ1) is 14.4. The predicted molar refractivity (Wildman–Crippen MR) is 110 cm³/mol. The number of carbonyl (C=O) groups is 2. The molecule has 0 aromatic heterocycles. The molecule has 10 heteroatoms. The number of hydrogen-bond donors (Lipinski definition) is 3. The van der Waals surface area contributed by atoms with Gasteiger partial charge in [0.05, 0.1) is 22.9 Å². The molecule has 0 fully saturated rings. The number of anilines is 1. The monoisotopic (exact) mass is 439 g/mol. The number of aliphatic hydroxyl groups is 1. The number of ether oxygens (including phenoxy) is 1. The lowest BCUT2D eigenvalue weighted by Gasteiger charge is -2.15. The maximum Gasteiger partial charge on any atom is 0.286 e. The fourth-order valence-electron chi connectivity index (χ4n) is 2.48. The molecular formula is C20H20ClF2N3O4. The predicted octanol–water partition coefficient (Wildman–Crippen LogP) is 2.52. The van der Waals surface area contributed by atoms with E-state index in [1.165, 1.54) is 31.3 Å². The first kappa shape index (κ1) is 23.2. The summed E-state index contributed by atoms with van der Waals surface area (Å²) in [7, 11) is 1.35. The molecule has 160 valence electrons. The van der Waals surface area contributed by atoms with E-state index in [0.717, 1.165) is 6.07 Å². The smallest absolute Gasteiger partial charge is 0.286 e. The van der Waals surface area contributed by atoms with Crippen LogP contribution in [0.1, 0.15) is 10.4 Å². The molecule has 1 aliphatic carbocycles. The van der Waals surface area contributed by atoms with Crippen molar-refractivity contribution in [3.05, 3.63) is 58.4 Å². The van der Waals surface area contributed by atoms with Crippen LogP contribution < -0.4 is 15.4 Å². The normalized spacial score (nSPS) is 16.3. The molecule has 0 radical (unpaired) electrons. The number of aldehydes is 1. The van der Waals surface area contributed by atoms with Gasteiger partial charge >= 0.3 is 0 Å². The van der Waals surface area contributed by atoms with E-state index in [-0.39, 0.29) is 47.6 Å². The van der Waals surface area contributed by atoms with Crippen LogP contribution in [0.5, 0.6) is 5.75 Å². The zero-order valence-corrected chi connectivity index (χ0v) is 16.7. The Morgan fingerprint density at radius 2 is 2.20 bits per heavy atom. The van der Waals surface area contributed by atoms with Crippen LogP contribution in [-0.2, 0) is 4.79 Å². The van der Waals surface area contributed by atoms with E-state index in [0.29, 0.717) is 11.9 Å². The molecule has 0 heterocycles. The van der Waals surface area contributed by atoms with Crippen LogP contribution >= 0.6 is 11.6 Å². The highest BCUT2D eigenvalue weighted by Crippen LogP contribution is 2.28. The van der Waals surface area contributed by atoms with Crippen LogP contribution in [0.25, 0.3) is 0 Å². The number of allylic oxidation sites excluding steroid dienone is 4. The minimum absolute atomic E-state index is 0.0101. The van der Waals surface area contributed by atoms with E-state index < -0.39 is 17.9 Å². The average molecular weight is 440 g/mol. The van der Waals surface area contributed by atoms with Gasteiger partial charge in [-0.3, -0.25) is 14.6 Å². The van der Waals surface area contributed by atoms with Crippen molar-refractivity contribution < 1.29 is 28.2 Å². The van der Waals surface area contributed by atoms with E-state index in [4.69, 9.17) is 21.4 Å². The molecule has 1 unspecified atom stereocenters. The molecule has 0 aliphatic heterocycles. The third-order valence-electron chi connectivity index (χ3n) is 3.93. The number of carbonyl (C=O) groups excluding carboxylic acids is 2. The van der Waals surface area contributed by atoms with Crippen molar-refractivity contribution in [3.63, 3.8) is 0 Å². The third kappa shape index (κ3) is 5.98. The van der Waals surface area contributed by atoms with Gasteiger partial charge in [0.15, 0.2) is 29.9 Å². The van der Waals surface area contributed by atoms with Crippen LogP contribution in [0.4, 0.5) is 14.5 Å². The lowest BCUT2D eigenvalue weighted by molar-refractivity contribution is -0.114. The van der Waals surface area contributed by atoms with Crippen molar-refractivity contribution in [2.45, 2.75) is 6.17 Å². The number of nitrogens with zero attached hydrogens (tertiary/aromatic N) is 1. The van der Waals surface area contributed by atoms with Gasteiger partial charge in [-0.15, -0.1) is 0 Å². The number of aliphatic imine (C=N–C) groups is 1. The summed E-state index contributed by atoms with van der Waals surface area (Å²) in [5.41, 5.74) is 0.489. The summed E-state index contributed by atoms with van der Waals surface area (Å²) in [6, 6.07) is 2.31. The maximum atomic E-state index is 14.0. The Kier molecular flexibility index (Phi) is 8.70. The van der Waals surface area contributed by atoms with Crippen LogP contribution in [0.15, 0.2) is 52.0 Å². The van der Waals surface area contributed by atoms with Gasteiger partial charge in [-0.1, -0.05) is 23.8 Å². The second kappa shape index (κ2) is 11.2. The number of alkyl halides is 1. The quantitative estimate of drug-likeness (QED) is 0.344. The number of benzene rings is 1. The summed E-state index contributed by atoms with van der Waals surface area (Å²) in [6.45, 7) is -0.538.